The molecule has 1 saturated heterocycles. The van der Waals surface area contributed by atoms with Crippen molar-refractivity contribution in [3.63, 3.8) is 0 Å². The fourth-order valence-electron chi connectivity index (χ4n) is 2.74. The van der Waals surface area contributed by atoms with Crippen LogP contribution in [0.2, 0.25) is 0 Å². The maximum atomic E-state index is 4.58. The normalized spacial score (nSPS) is 17.9. The molecule has 1 N–H and O–H groups in total. The van der Waals surface area contributed by atoms with Gasteiger partial charge in [-0.25, -0.2) is 4.98 Å². The van der Waals surface area contributed by atoms with Crippen LogP contribution in [0.15, 0.2) is 0 Å². The zero-order valence-corrected chi connectivity index (χ0v) is 13.0. The number of nitrogens with one attached hydrogen (secondary N) is 1. The minimum absolute atomic E-state index is 0.523. The first kappa shape index (κ1) is 15.2. The Balaban J connectivity index is 1.89. The van der Waals surface area contributed by atoms with Gasteiger partial charge in [0.25, 0.3) is 0 Å². The Hall–Kier alpha value is -1.23. The van der Waals surface area contributed by atoms with E-state index < -0.39 is 0 Å². The van der Waals surface area contributed by atoms with Crippen molar-refractivity contribution in [3.8, 4) is 0 Å². The van der Waals surface area contributed by atoms with Gasteiger partial charge in [0, 0.05) is 12.6 Å². The van der Waals surface area contributed by atoms with Crippen molar-refractivity contribution < 1.29 is 0 Å². The largest absolute Gasteiger partial charge is 0.351 e. The second kappa shape index (κ2) is 7.53. The van der Waals surface area contributed by atoms with Gasteiger partial charge in [-0.05, 0) is 45.7 Å². The molecule has 112 valence electrons. The topological polar surface area (TPSA) is 53.9 Å². The summed E-state index contributed by atoms with van der Waals surface area (Å²) in [6.45, 7) is 9.80. The number of hydrogen-bond acceptors (Lipinski definition) is 5. The van der Waals surface area contributed by atoms with E-state index in [1.54, 1.807) is 0 Å². The standard InChI is InChI=1S/C15H27N5/c1-4-13-14(5-2)18-19-15(17-13)16-11-12(3)20-9-7-6-8-10-20/h12H,4-11H2,1-3H3,(H,16,17,19). The number of aromatic nitrogens is 3. The van der Waals surface area contributed by atoms with Crippen molar-refractivity contribution in [2.24, 2.45) is 0 Å². The number of aryl methyl sites for hydroxylation is 2. The highest BCUT2D eigenvalue weighted by Crippen LogP contribution is 2.12. The predicted molar refractivity (Wildman–Crippen MR) is 82.0 cm³/mol. The Morgan fingerprint density at radius 3 is 2.40 bits per heavy atom. The third-order valence-electron chi connectivity index (χ3n) is 4.08. The van der Waals surface area contributed by atoms with Gasteiger partial charge in [-0.2, -0.15) is 5.10 Å². The number of anilines is 1. The van der Waals surface area contributed by atoms with Crippen LogP contribution in [-0.2, 0) is 12.8 Å². The monoisotopic (exact) mass is 277 g/mol. The van der Waals surface area contributed by atoms with E-state index in [1.807, 2.05) is 0 Å². The molecule has 5 nitrogen and oxygen atoms in total. The Morgan fingerprint density at radius 1 is 1.05 bits per heavy atom. The summed E-state index contributed by atoms with van der Waals surface area (Å²) in [7, 11) is 0. The second-order valence-corrected chi connectivity index (χ2v) is 5.56. The van der Waals surface area contributed by atoms with Crippen LogP contribution in [0.1, 0.15) is 51.4 Å². The minimum Gasteiger partial charge on any atom is -0.351 e. The Morgan fingerprint density at radius 2 is 1.75 bits per heavy atom. The molecule has 0 aliphatic carbocycles. The van der Waals surface area contributed by atoms with Crippen LogP contribution in [0.25, 0.3) is 0 Å². The molecule has 1 unspecified atom stereocenters. The van der Waals surface area contributed by atoms with Gasteiger partial charge in [-0.15, -0.1) is 5.10 Å². The van der Waals surface area contributed by atoms with Crippen molar-refractivity contribution in [2.45, 2.75) is 58.9 Å². The first-order valence-corrected chi connectivity index (χ1v) is 7.95. The van der Waals surface area contributed by atoms with Gasteiger partial charge in [0.2, 0.25) is 5.95 Å². The van der Waals surface area contributed by atoms with E-state index >= 15 is 0 Å². The lowest BCUT2D eigenvalue weighted by Gasteiger charge is -2.32. The molecule has 0 saturated carbocycles. The van der Waals surface area contributed by atoms with Gasteiger partial charge in [-0.1, -0.05) is 20.3 Å². The van der Waals surface area contributed by atoms with Crippen molar-refractivity contribution >= 4 is 5.95 Å². The highest BCUT2D eigenvalue weighted by Gasteiger charge is 2.16. The highest BCUT2D eigenvalue weighted by atomic mass is 15.3. The number of hydrogen-bond donors (Lipinski definition) is 1. The summed E-state index contributed by atoms with van der Waals surface area (Å²) in [6, 6.07) is 0.523. The van der Waals surface area contributed by atoms with Crippen molar-refractivity contribution in [3.05, 3.63) is 11.4 Å². The quantitative estimate of drug-likeness (QED) is 0.864. The molecule has 0 aromatic carbocycles. The van der Waals surface area contributed by atoms with Gasteiger partial charge < -0.3 is 5.32 Å². The number of rotatable bonds is 6. The van der Waals surface area contributed by atoms with Crippen molar-refractivity contribution in [1.82, 2.24) is 20.1 Å². The molecule has 20 heavy (non-hydrogen) atoms. The van der Waals surface area contributed by atoms with Gasteiger partial charge in [0.1, 0.15) is 0 Å². The van der Waals surface area contributed by atoms with E-state index in [-0.39, 0.29) is 0 Å². The first-order valence-electron chi connectivity index (χ1n) is 7.95. The number of likely N-dealkylation sites (tertiary alicyclic amines) is 1. The van der Waals surface area contributed by atoms with Gasteiger partial charge in [-0.3, -0.25) is 4.90 Å². The summed E-state index contributed by atoms with van der Waals surface area (Å²) >= 11 is 0. The molecule has 1 fully saturated rings. The number of piperidine rings is 1. The SMILES string of the molecule is CCc1nnc(NCC(C)N2CCCCC2)nc1CC. The summed E-state index contributed by atoms with van der Waals surface area (Å²) in [5, 5.41) is 11.8. The second-order valence-electron chi connectivity index (χ2n) is 5.56. The molecule has 0 bridgehead atoms. The summed E-state index contributed by atoms with van der Waals surface area (Å²) in [5.41, 5.74) is 2.08. The Labute approximate surface area is 122 Å². The Kier molecular flexibility index (Phi) is 5.71. The van der Waals surface area contributed by atoms with Crippen LogP contribution >= 0.6 is 0 Å². The molecule has 2 rings (SSSR count). The fourth-order valence-corrected chi connectivity index (χ4v) is 2.74. The zero-order chi connectivity index (χ0) is 14.4. The molecule has 1 aromatic heterocycles. The van der Waals surface area contributed by atoms with E-state index in [0.29, 0.717) is 12.0 Å². The average Bonchev–Trinajstić information content (AvgIpc) is 2.53. The van der Waals surface area contributed by atoms with Gasteiger partial charge in [0.15, 0.2) is 0 Å². The maximum absolute atomic E-state index is 4.58. The fraction of sp³-hybridized carbons (Fsp3) is 0.800. The molecular weight excluding hydrogens is 250 g/mol. The molecule has 0 spiro atoms. The summed E-state index contributed by atoms with van der Waals surface area (Å²) in [4.78, 5) is 7.12. The lowest BCUT2D eigenvalue weighted by molar-refractivity contribution is 0.180. The first-order chi connectivity index (χ1) is 9.74. The smallest absolute Gasteiger partial charge is 0.243 e. The molecule has 1 atom stereocenters. The Bertz CT molecular complexity index is 415. The molecule has 0 amide bonds. The van der Waals surface area contributed by atoms with Crippen LogP contribution in [0.3, 0.4) is 0 Å². The van der Waals surface area contributed by atoms with Crippen molar-refractivity contribution in [1.29, 1.82) is 0 Å². The van der Waals surface area contributed by atoms with Crippen LogP contribution in [0, 0.1) is 0 Å². The highest BCUT2D eigenvalue weighted by molar-refractivity contribution is 5.26. The molecule has 0 radical (unpaired) electrons. The minimum atomic E-state index is 0.523. The van der Waals surface area contributed by atoms with E-state index in [2.05, 4.69) is 46.2 Å². The lowest BCUT2D eigenvalue weighted by atomic mass is 10.1. The summed E-state index contributed by atoms with van der Waals surface area (Å²) < 4.78 is 0. The molecule has 2 heterocycles. The average molecular weight is 277 g/mol. The lowest BCUT2D eigenvalue weighted by Crippen LogP contribution is -2.41. The van der Waals surface area contributed by atoms with Crippen LogP contribution in [0.5, 0.6) is 0 Å². The third kappa shape index (κ3) is 3.88. The van der Waals surface area contributed by atoms with Crippen LogP contribution in [0.4, 0.5) is 5.95 Å². The molecule has 5 heteroatoms. The molecule has 1 aliphatic rings. The van der Waals surface area contributed by atoms with E-state index in [4.69, 9.17) is 0 Å². The maximum Gasteiger partial charge on any atom is 0.243 e. The molecule has 1 aromatic rings. The van der Waals surface area contributed by atoms with E-state index in [9.17, 15) is 0 Å². The molecular formula is C15H27N5. The van der Waals surface area contributed by atoms with Gasteiger partial charge >= 0.3 is 0 Å². The van der Waals surface area contributed by atoms with E-state index in [0.717, 1.165) is 30.8 Å². The predicted octanol–water partition coefficient (Wildman–Crippen LogP) is 2.28. The van der Waals surface area contributed by atoms with Crippen molar-refractivity contribution in [2.75, 3.05) is 25.0 Å². The third-order valence-corrected chi connectivity index (χ3v) is 4.08. The molecule has 1 aliphatic heterocycles. The zero-order valence-electron chi connectivity index (χ0n) is 13.0. The van der Waals surface area contributed by atoms with E-state index in [1.165, 1.54) is 32.4 Å². The summed E-state index contributed by atoms with van der Waals surface area (Å²) in [5.74, 6) is 0.669. The number of nitrogens with zero attached hydrogens (tertiary/aromatic N) is 4. The summed E-state index contributed by atoms with van der Waals surface area (Å²) in [6.07, 6.45) is 5.84. The van der Waals surface area contributed by atoms with Crippen LogP contribution < -0.4 is 5.32 Å². The van der Waals surface area contributed by atoms with Gasteiger partial charge in [0.05, 0.1) is 11.4 Å². The van der Waals surface area contributed by atoms with Crippen LogP contribution in [-0.4, -0.2) is 45.8 Å².